The van der Waals surface area contributed by atoms with Crippen molar-refractivity contribution in [3.63, 3.8) is 0 Å². The Balaban J connectivity index is 1.62. The van der Waals surface area contributed by atoms with Crippen molar-refractivity contribution in [1.82, 2.24) is 4.90 Å². The van der Waals surface area contributed by atoms with E-state index in [0.717, 1.165) is 25.7 Å². The number of aliphatic hydroxyl groups is 3. The first kappa shape index (κ1) is 18.3. The fraction of sp³-hybridized carbons (Fsp3) is 0.812. The number of fused-ring (bicyclic) bond motifs is 1. The molecule has 1 saturated carbocycles. The van der Waals surface area contributed by atoms with Crippen molar-refractivity contribution >= 4 is 28.4 Å². The van der Waals surface area contributed by atoms with E-state index in [4.69, 9.17) is 22.1 Å². The molecule has 10 heteroatoms. The summed E-state index contributed by atoms with van der Waals surface area (Å²) in [4.78, 5) is 14.9. The van der Waals surface area contributed by atoms with Crippen LogP contribution in [0, 0.1) is 5.92 Å². The van der Waals surface area contributed by atoms with Crippen LogP contribution >= 0.6 is 11.6 Å². The molecule has 5 N–H and O–H groups in total. The third-order valence-electron chi connectivity index (χ3n) is 5.77. The Morgan fingerprint density at radius 3 is 2.62 bits per heavy atom. The van der Waals surface area contributed by atoms with Gasteiger partial charge in [0.25, 0.3) is 0 Å². The Bertz CT molecular complexity index is 665. The number of nitrogens with zero attached hydrogens (tertiary/aromatic N) is 4. The van der Waals surface area contributed by atoms with Crippen LogP contribution in [0.2, 0.25) is 0 Å². The minimum absolute atomic E-state index is 0.0469. The SMILES string of the molecule is NC1(C2CCCCC2)N=C(Cl)N=C2C1=NCN2[C@@H]1O[C@H](CO)[C@@H](O)[C@H]1O. The molecule has 9 nitrogen and oxygen atoms in total. The topological polar surface area (TPSA) is 136 Å². The second kappa shape index (κ2) is 6.81. The molecule has 26 heavy (non-hydrogen) atoms. The van der Waals surface area contributed by atoms with Gasteiger partial charge in [-0.1, -0.05) is 19.3 Å². The van der Waals surface area contributed by atoms with Gasteiger partial charge in [-0.15, -0.1) is 0 Å². The summed E-state index contributed by atoms with van der Waals surface area (Å²) in [5.74, 6) is 0.548. The van der Waals surface area contributed by atoms with Crippen molar-refractivity contribution in [2.75, 3.05) is 13.3 Å². The molecular weight excluding hydrogens is 362 g/mol. The van der Waals surface area contributed by atoms with E-state index < -0.39 is 36.8 Å². The molecule has 1 aliphatic carbocycles. The zero-order chi connectivity index (χ0) is 18.5. The number of nitrogens with two attached hydrogens (primary N) is 1. The number of ether oxygens (including phenoxy) is 1. The molecule has 0 amide bonds. The van der Waals surface area contributed by atoms with Crippen molar-refractivity contribution in [2.45, 2.75) is 62.3 Å². The van der Waals surface area contributed by atoms with E-state index in [-0.39, 0.29) is 17.9 Å². The highest BCUT2D eigenvalue weighted by Crippen LogP contribution is 2.38. The van der Waals surface area contributed by atoms with E-state index in [2.05, 4.69) is 15.0 Å². The summed E-state index contributed by atoms with van der Waals surface area (Å²) in [6.45, 7) is -0.222. The monoisotopic (exact) mass is 385 g/mol. The molecule has 3 heterocycles. The summed E-state index contributed by atoms with van der Waals surface area (Å²) in [5, 5.41) is 29.7. The maximum atomic E-state index is 10.3. The molecule has 0 spiro atoms. The molecule has 0 radical (unpaired) electrons. The van der Waals surface area contributed by atoms with Gasteiger partial charge in [-0.25, -0.2) is 4.99 Å². The minimum atomic E-state index is -1.20. The van der Waals surface area contributed by atoms with Crippen LogP contribution in [0.15, 0.2) is 15.0 Å². The summed E-state index contributed by atoms with van der Waals surface area (Å²) >= 11 is 6.19. The van der Waals surface area contributed by atoms with Crippen LogP contribution in [-0.4, -0.2) is 80.5 Å². The molecule has 0 bridgehead atoms. The Morgan fingerprint density at radius 2 is 1.96 bits per heavy atom. The van der Waals surface area contributed by atoms with Crippen molar-refractivity contribution in [3.05, 3.63) is 0 Å². The second-order valence-corrected chi connectivity index (χ2v) is 7.66. The number of hydrogen-bond acceptors (Lipinski definition) is 9. The van der Waals surface area contributed by atoms with E-state index >= 15 is 0 Å². The highest BCUT2D eigenvalue weighted by atomic mass is 35.5. The van der Waals surface area contributed by atoms with Gasteiger partial charge in [-0.05, 0) is 24.4 Å². The Hall–Kier alpha value is -1.10. The van der Waals surface area contributed by atoms with Crippen molar-refractivity contribution in [2.24, 2.45) is 26.6 Å². The van der Waals surface area contributed by atoms with Crippen molar-refractivity contribution in [1.29, 1.82) is 0 Å². The Morgan fingerprint density at radius 1 is 1.23 bits per heavy atom. The normalized spacial score (nSPS) is 41.0. The van der Waals surface area contributed by atoms with E-state index in [9.17, 15) is 15.3 Å². The van der Waals surface area contributed by atoms with Crippen LogP contribution in [0.4, 0.5) is 0 Å². The molecule has 2 fully saturated rings. The molecule has 3 aliphatic heterocycles. The molecule has 4 aliphatic rings. The number of aliphatic hydroxyl groups excluding tert-OH is 3. The highest BCUT2D eigenvalue weighted by molar-refractivity contribution is 6.68. The fourth-order valence-corrected chi connectivity index (χ4v) is 4.55. The largest absolute Gasteiger partial charge is 0.394 e. The van der Waals surface area contributed by atoms with E-state index in [0.29, 0.717) is 11.5 Å². The summed E-state index contributed by atoms with van der Waals surface area (Å²) in [5.41, 5.74) is 6.19. The zero-order valence-corrected chi connectivity index (χ0v) is 15.1. The predicted octanol–water partition coefficient (Wildman–Crippen LogP) is -0.618. The summed E-state index contributed by atoms with van der Waals surface area (Å²) in [6.07, 6.45) is 1.12. The first-order valence-corrected chi connectivity index (χ1v) is 9.41. The van der Waals surface area contributed by atoms with Gasteiger partial charge in [0.15, 0.2) is 17.7 Å². The van der Waals surface area contributed by atoms with Crippen LogP contribution in [0.25, 0.3) is 0 Å². The maximum Gasteiger partial charge on any atom is 0.222 e. The van der Waals surface area contributed by atoms with Crippen molar-refractivity contribution in [3.8, 4) is 0 Å². The lowest BCUT2D eigenvalue weighted by molar-refractivity contribution is -0.0688. The van der Waals surface area contributed by atoms with E-state index in [1.54, 1.807) is 4.90 Å². The first-order valence-electron chi connectivity index (χ1n) is 9.03. The summed E-state index contributed by atoms with van der Waals surface area (Å²) < 4.78 is 5.61. The first-order chi connectivity index (χ1) is 12.5. The van der Waals surface area contributed by atoms with Gasteiger partial charge in [0, 0.05) is 5.92 Å². The molecule has 144 valence electrons. The Kier molecular flexibility index (Phi) is 4.79. The van der Waals surface area contributed by atoms with Gasteiger partial charge in [-0.3, -0.25) is 4.99 Å². The predicted molar refractivity (Wildman–Crippen MR) is 96.1 cm³/mol. The lowest BCUT2D eigenvalue weighted by Crippen LogP contribution is -2.59. The number of halogens is 1. The van der Waals surface area contributed by atoms with Gasteiger partial charge in [-0.2, -0.15) is 4.99 Å². The van der Waals surface area contributed by atoms with Gasteiger partial charge in [0.2, 0.25) is 5.29 Å². The summed E-state index contributed by atoms with van der Waals surface area (Å²) in [7, 11) is 0. The van der Waals surface area contributed by atoms with Crippen LogP contribution in [0.3, 0.4) is 0 Å². The quantitative estimate of drug-likeness (QED) is 0.478. The standard InChI is InChI=1S/C16H24ClN5O4/c17-15-20-13-12(16(18,21-15)8-4-2-1-3-5-8)19-7-22(13)14-11(25)10(24)9(6-23)26-14/h8-11,14,23-25H,1-7,18H2/t9-,10-,11-,14-,16?/m1/s1. The van der Waals surface area contributed by atoms with E-state index in [1.807, 2.05) is 0 Å². The van der Waals surface area contributed by atoms with Gasteiger partial charge < -0.3 is 30.7 Å². The van der Waals surface area contributed by atoms with Crippen LogP contribution in [0.5, 0.6) is 0 Å². The molecule has 5 atom stereocenters. The molecular formula is C16H24ClN5O4. The molecule has 0 aromatic rings. The number of hydrogen-bond donors (Lipinski definition) is 4. The summed E-state index contributed by atoms with van der Waals surface area (Å²) in [6, 6.07) is 0. The fourth-order valence-electron chi connectivity index (χ4n) is 4.33. The smallest absolute Gasteiger partial charge is 0.222 e. The molecule has 0 aromatic carbocycles. The van der Waals surface area contributed by atoms with E-state index in [1.165, 1.54) is 6.42 Å². The van der Waals surface area contributed by atoms with Gasteiger partial charge in [0.05, 0.1) is 6.61 Å². The number of rotatable bonds is 3. The van der Waals surface area contributed by atoms with Crippen LogP contribution < -0.4 is 5.73 Å². The number of aliphatic imine (C=N–C) groups is 3. The van der Waals surface area contributed by atoms with Crippen molar-refractivity contribution < 1.29 is 20.1 Å². The second-order valence-electron chi connectivity index (χ2n) is 7.32. The molecule has 0 aromatic heterocycles. The van der Waals surface area contributed by atoms with Gasteiger partial charge in [0.1, 0.15) is 30.7 Å². The lowest BCUT2D eigenvalue weighted by atomic mass is 9.77. The Labute approximate surface area is 156 Å². The van der Waals surface area contributed by atoms with Gasteiger partial charge >= 0.3 is 0 Å². The average Bonchev–Trinajstić information content (AvgIpc) is 3.18. The van der Waals surface area contributed by atoms with Crippen LogP contribution in [0.1, 0.15) is 32.1 Å². The third-order valence-corrected chi connectivity index (χ3v) is 5.94. The average molecular weight is 386 g/mol. The third kappa shape index (κ3) is 2.78. The molecule has 4 rings (SSSR count). The molecule has 1 saturated heterocycles. The maximum absolute atomic E-state index is 10.3. The molecule has 1 unspecified atom stereocenters. The number of amidine groups is 2. The highest BCUT2D eigenvalue weighted by Gasteiger charge is 2.53. The minimum Gasteiger partial charge on any atom is -0.394 e. The van der Waals surface area contributed by atoms with Crippen LogP contribution in [-0.2, 0) is 4.74 Å². The zero-order valence-electron chi connectivity index (χ0n) is 14.3. The lowest BCUT2D eigenvalue weighted by Gasteiger charge is -2.39.